The van der Waals surface area contributed by atoms with Crippen LogP contribution in [0.3, 0.4) is 0 Å². The zero-order valence-electron chi connectivity index (χ0n) is 11.0. The molecule has 0 radical (unpaired) electrons. The van der Waals surface area contributed by atoms with E-state index < -0.39 is 0 Å². The molecule has 0 aromatic carbocycles. The largest absolute Gasteiger partial charge is 0.495 e. The molecule has 1 aliphatic rings. The van der Waals surface area contributed by atoms with Gasteiger partial charge in [0.1, 0.15) is 12.4 Å². The van der Waals surface area contributed by atoms with E-state index in [1.54, 1.807) is 13.3 Å². The summed E-state index contributed by atoms with van der Waals surface area (Å²) in [6, 6.07) is 3.66. The van der Waals surface area contributed by atoms with E-state index >= 15 is 0 Å². The van der Waals surface area contributed by atoms with Gasteiger partial charge in [-0.15, -0.1) is 0 Å². The maximum absolute atomic E-state index is 6.39. The molecule has 2 rings (SSSR count). The van der Waals surface area contributed by atoms with Crippen molar-refractivity contribution in [3.05, 3.63) is 18.3 Å². The Morgan fingerprint density at radius 1 is 1.22 bits per heavy atom. The third kappa shape index (κ3) is 3.60. The number of ether oxygens (including phenoxy) is 2. The Bertz CT molecular complexity index is 357. The molecule has 0 bridgehead atoms. The van der Waals surface area contributed by atoms with E-state index in [0.29, 0.717) is 12.5 Å². The van der Waals surface area contributed by atoms with Gasteiger partial charge in [-0.25, -0.2) is 4.98 Å². The molecular weight excluding hydrogens is 228 g/mol. The van der Waals surface area contributed by atoms with Gasteiger partial charge in [0, 0.05) is 6.07 Å². The fourth-order valence-corrected chi connectivity index (χ4v) is 2.37. The van der Waals surface area contributed by atoms with Crippen LogP contribution in [0.5, 0.6) is 11.6 Å². The lowest BCUT2D eigenvalue weighted by Crippen LogP contribution is -2.45. The van der Waals surface area contributed by atoms with Crippen molar-refractivity contribution in [2.24, 2.45) is 5.73 Å². The smallest absolute Gasteiger partial charge is 0.213 e. The number of methoxy groups -OCH3 is 1. The van der Waals surface area contributed by atoms with Gasteiger partial charge in [-0.05, 0) is 18.9 Å². The van der Waals surface area contributed by atoms with Gasteiger partial charge in [-0.2, -0.15) is 0 Å². The van der Waals surface area contributed by atoms with Crippen LogP contribution in [0.25, 0.3) is 0 Å². The predicted octanol–water partition coefficient (Wildman–Crippen LogP) is 2.52. The number of hydrogen-bond acceptors (Lipinski definition) is 4. The highest BCUT2D eigenvalue weighted by Crippen LogP contribution is 2.25. The second-order valence-corrected chi connectivity index (χ2v) is 5.10. The van der Waals surface area contributed by atoms with E-state index in [-0.39, 0.29) is 5.54 Å². The Labute approximate surface area is 108 Å². The van der Waals surface area contributed by atoms with Crippen molar-refractivity contribution in [1.82, 2.24) is 4.98 Å². The molecule has 0 unspecified atom stereocenters. The minimum absolute atomic E-state index is 0.182. The van der Waals surface area contributed by atoms with E-state index in [1.807, 2.05) is 12.1 Å². The fourth-order valence-electron chi connectivity index (χ4n) is 2.37. The van der Waals surface area contributed by atoms with Crippen molar-refractivity contribution in [1.29, 1.82) is 0 Å². The lowest BCUT2D eigenvalue weighted by atomic mass is 9.93. The number of hydrogen-bond donors (Lipinski definition) is 1. The van der Waals surface area contributed by atoms with E-state index in [2.05, 4.69) is 4.98 Å². The fraction of sp³-hybridized carbons (Fsp3) is 0.643. The molecule has 1 saturated carbocycles. The minimum Gasteiger partial charge on any atom is -0.495 e. The second-order valence-electron chi connectivity index (χ2n) is 5.10. The summed E-state index contributed by atoms with van der Waals surface area (Å²) in [6.07, 6.45) is 8.74. The van der Waals surface area contributed by atoms with E-state index in [9.17, 15) is 0 Å². The molecule has 4 heteroatoms. The lowest BCUT2D eigenvalue weighted by Gasteiger charge is -2.27. The Balaban J connectivity index is 1.88. The van der Waals surface area contributed by atoms with Crippen molar-refractivity contribution in [2.75, 3.05) is 13.7 Å². The van der Waals surface area contributed by atoms with Crippen molar-refractivity contribution in [3.8, 4) is 11.6 Å². The standard InChI is InChI=1S/C14H22N2O2/c1-17-12-6-7-13(16-10-12)18-11-14(15)8-4-2-3-5-9-14/h6-7,10H,2-5,8-9,11,15H2,1H3. The summed E-state index contributed by atoms with van der Waals surface area (Å²) >= 11 is 0. The van der Waals surface area contributed by atoms with Crippen LogP contribution in [0.4, 0.5) is 0 Å². The van der Waals surface area contributed by atoms with Crippen LogP contribution < -0.4 is 15.2 Å². The Kier molecular flexibility index (Phi) is 4.42. The average molecular weight is 250 g/mol. The van der Waals surface area contributed by atoms with Crippen LogP contribution in [0.15, 0.2) is 18.3 Å². The van der Waals surface area contributed by atoms with Crippen molar-refractivity contribution in [2.45, 2.75) is 44.1 Å². The van der Waals surface area contributed by atoms with Crippen LogP contribution in [0, 0.1) is 0 Å². The number of rotatable bonds is 4. The molecule has 0 spiro atoms. The number of nitrogens with zero attached hydrogens (tertiary/aromatic N) is 1. The first kappa shape index (κ1) is 13.1. The first-order chi connectivity index (χ1) is 8.72. The Hall–Kier alpha value is -1.29. The molecule has 0 atom stereocenters. The highest BCUT2D eigenvalue weighted by atomic mass is 16.5. The lowest BCUT2D eigenvalue weighted by molar-refractivity contribution is 0.193. The van der Waals surface area contributed by atoms with E-state index in [0.717, 1.165) is 18.6 Å². The third-order valence-electron chi connectivity index (χ3n) is 3.55. The second kappa shape index (κ2) is 6.05. The maximum atomic E-state index is 6.39. The Morgan fingerprint density at radius 3 is 2.50 bits per heavy atom. The van der Waals surface area contributed by atoms with Crippen LogP contribution >= 0.6 is 0 Å². The molecule has 1 heterocycles. The highest BCUT2D eigenvalue weighted by Gasteiger charge is 2.27. The predicted molar refractivity (Wildman–Crippen MR) is 70.9 cm³/mol. The summed E-state index contributed by atoms with van der Waals surface area (Å²) in [5.74, 6) is 1.35. The first-order valence-electron chi connectivity index (χ1n) is 6.64. The summed E-state index contributed by atoms with van der Waals surface area (Å²) in [4.78, 5) is 4.19. The van der Waals surface area contributed by atoms with Gasteiger partial charge in [0.25, 0.3) is 0 Å². The van der Waals surface area contributed by atoms with Gasteiger partial charge in [0.2, 0.25) is 5.88 Å². The molecular formula is C14H22N2O2. The van der Waals surface area contributed by atoms with Crippen molar-refractivity contribution in [3.63, 3.8) is 0 Å². The molecule has 2 N–H and O–H groups in total. The van der Waals surface area contributed by atoms with Crippen molar-refractivity contribution >= 4 is 0 Å². The van der Waals surface area contributed by atoms with Gasteiger partial charge in [0.05, 0.1) is 18.8 Å². The number of pyridine rings is 1. The summed E-state index contributed by atoms with van der Waals surface area (Å²) < 4.78 is 10.8. The first-order valence-corrected chi connectivity index (χ1v) is 6.64. The molecule has 1 aromatic rings. The quantitative estimate of drug-likeness (QED) is 0.834. The van der Waals surface area contributed by atoms with E-state index in [1.165, 1.54) is 25.7 Å². The summed E-state index contributed by atoms with van der Waals surface area (Å²) in [7, 11) is 1.62. The zero-order valence-corrected chi connectivity index (χ0v) is 11.0. The van der Waals surface area contributed by atoms with Crippen LogP contribution in [-0.4, -0.2) is 24.2 Å². The number of nitrogens with two attached hydrogens (primary N) is 1. The van der Waals surface area contributed by atoms with Gasteiger partial charge < -0.3 is 15.2 Å². The van der Waals surface area contributed by atoms with Gasteiger partial charge in [-0.3, -0.25) is 0 Å². The molecule has 1 aromatic heterocycles. The summed E-state index contributed by atoms with van der Waals surface area (Å²) in [5, 5.41) is 0. The van der Waals surface area contributed by atoms with Gasteiger partial charge >= 0.3 is 0 Å². The van der Waals surface area contributed by atoms with Crippen LogP contribution in [0.2, 0.25) is 0 Å². The molecule has 1 aliphatic carbocycles. The van der Waals surface area contributed by atoms with Gasteiger partial charge in [-0.1, -0.05) is 25.7 Å². The van der Waals surface area contributed by atoms with Crippen LogP contribution in [0.1, 0.15) is 38.5 Å². The van der Waals surface area contributed by atoms with Crippen molar-refractivity contribution < 1.29 is 9.47 Å². The minimum atomic E-state index is -0.182. The molecule has 4 nitrogen and oxygen atoms in total. The van der Waals surface area contributed by atoms with Crippen LogP contribution in [-0.2, 0) is 0 Å². The zero-order chi connectivity index (χ0) is 12.8. The highest BCUT2D eigenvalue weighted by molar-refractivity contribution is 5.22. The summed E-state index contributed by atoms with van der Waals surface area (Å²) in [6.45, 7) is 0.548. The molecule has 1 fully saturated rings. The normalized spacial score (nSPS) is 19.0. The van der Waals surface area contributed by atoms with Gasteiger partial charge in [0.15, 0.2) is 0 Å². The monoisotopic (exact) mass is 250 g/mol. The summed E-state index contributed by atoms with van der Waals surface area (Å²) in [5.41, 5.74) is 6.20. The number of aromatic nitrogens is 1. The molecule has 0 saturated heterocycles. The molecule has 0 aliphatic heterocycles. The molecule has 0 amide bonds. The topological polar surface area (TPSA) is 57.4 Å². The SMILES string of the molecule is COc1ccc(OCC2(N)CCCCCC2)nc1. The molecule has 100 valence electrons. The third-order valence-corrected chi connectivity index (χ3v) is 3.55. The molecule has 18 heavy (non-hydrogen) atoms. The Morgan fingerprint density at radius 2 is 1.94 bits per heavy atom. The maximum Gasteiger partial charge on any atom is 0.213 e. The average Bonchev–Trinajstić information content (AvgIpc) is 2.62. The van der Waals surface area contributed by atoms with E-state index in [4.69, 9.17) is 15.2 Å².